The van der Waals surface area contributed by atoms with Crippen molar-refractivity contribution in [2.75, 3.05) is 23.7 Å². The third-order valence-corrected chi connectivity index (χ3v) is 4.87. The Balaban J connectivity index is 1.49. The minimum atomic E-state index is -0.329. The molecule has 2 amide bonds. The molecule has 0 aliphatic carbocycles. The molecule has 0 radical (unpaired) electrons. The summed E-state index contributed by atoms with van der Waals surface area (Å²) in [5.41, 5.74) is 0.417. The number of likely N-dealkylation sites (tertiary alicyclic amines) is 1. The first-order valence-electron chi connectivity index (χ1n) is 9.01. The zero-order chi connectivity index (χ0) is 19.4. The first-order chi connectivity index (χ1) is 12.9. The lowest BCUT2D eigenvalue weighted by Crippen LogP contribution is -2.47. The van der Waals surface area contributed by atoms with Gasteiger partial charge in [0.1, 0.15) is 11.5 Å². The number of phenolic OH excluding ortho intramolecular Hbond substituents is 1. The lowest BCUT2D eigenvalue weighted by atomic mass is 9.94. The van der Waals surface area contributed by atoms with E-state index in [1.807, 2.05) is 11.8 Å². The van der Waals surface area contributed by atoms with Gasteiger partial charge in [-0.15, -0.1) is 0 Å². The maximum Gasteiger partial charge on any atom is 0.242 e. The lowest BCUT2D eigenvalue weighted by Gasteiger charge is -2.34. The van der Waals surface area contributed by atoms with E-state index in [0.717, 1.165) is 0 Å². The molecule has 0 bridgehead atoms. The average molecular weight is 372 g/mol. The van der Waals surface area contributed by atoms with Gasteiger partial charge in [0.25, 0.3) is 0 Å². The molecule has 8 nitrogen and oxygen atoms in total. The van der Waals surface area contributed by atoms with Gasteiger partial charge in [-0.05, 0) is 51.9 Å². The number of piperidine rings is 1. The number of anilines is 2. The Morgan fingerprint density at radius 2 is 1.96 bits per heavy atom. The average Bonchev–Trinajstić information content (AvgIpc) is 3.07. The van der Waals surface area contributed by atoms with E-state index in [2.05, 4.69) is 15.8 Å². The van der Waals surface area contributed by atoms with E-state index >= 15 is 0 Å². The lowest BCUT2D eigenvalue weighted by molar-refractivity contribution is -0.123. The zero-order valence-corrected chi connectivity index (χ0v) is 15.4. The summed E-state index contributed by atoms with van der Waals surface area (Å²) >= 11 is 0. The molecule has 27 heavy (non-hydrogen) atoms. The molecule has 1 aliphatic heterocycles. The first kappa shape index (κ1) is 18.9. The molecule has 2 aromatic rings. The number of phenols is 1. The Labute approximate surface area is 157 Å². The van der Waals surface area contributed by atoms with Gasteiger partial charge >= 0.3 is 0 Å². The van der Waals surface area contributed by atoms with E-state index in [-0.39, 0.29) is 29.5 Å². The van der Waals surface area contributed by atoms with Crippen LogP contribution in [0.25, 0.3) is 0 Å². The number of amides is 2. The molecule has 1 fully saturated rings. The minimum absolute atomic E-state index is 0.0525. The number of para-hydroxylation sites is 2. The van der Waals surface area contributed by atoms with E-state index in [9.17, 15) is 14.7 Å². The van der Waals surface area contributed by atoms with Crippen molar-refractivity contribution < 1.29 is 19.2 Å². The molecule has 1 aromatic carbocycles. The molecule has 0 spiro atoms. The van der Waals surface area contributed by atoms with Crippen LogP contribution >= 0.6 is 0 Å². The van der Waals surface area contributed by atoms with Crippen molar-refractivity contribution in [1.29, 1.82) is 0 Å². The van der Waals surface area contributed by atoms with Crippen molar-refractivity contribution in [3.05, 3.63) is 36.1 Å². The maximum atomic E-state index is 12.4. The number of aromatic nitrogens is 1. The summed E-state index contributed by atoms with van der Waals surface area (Å²) in [4.78, 5) is 26.9. The second-order valence-electron chi connectivity index (χ2n) is 6.80. The standard InChI is InChI=1S/C19H24N4O4/c1-12-11-17(22-27-12)21-18(25)13(2)23-9-7-14(8-10-23)19(26)20-15-5-3-4-6-16(15)24/h3-6,11,13-14,24H,7-10H2,1-2H3,(H,20,26)(H,21,22,25). The highest BCUT2D eigenvalue weighted by Crippen LogP contribution is 2.25. The van der Waals surface area contributed by atoms with E-state index in [1.54, 1.807) is 31.2 Å². The first-order valence-corrected chi connectivity index (χ1v) is 9.01. The van der Waals surface area contributed by atoms with Crippen molar-refractivity contribution in [2.45, 2.75) is 32.7 Å². The number of nitrogens with one attached hydrogen (secondary N) is 2. The van der Waals surface area contributed by atoms with Crippen molar-refractivity contribution in [3.8, 4) is 5.75 Å². The topological polar surface area (TPSA) is 108 Å². The van der Waals surface area contributed by atoms with Crippen LogP contribution in [-0.4, -0.2) is 46.1 Å². The molecule has 8 heteroatoms. The number of carbonyl (C=O) groups is 2. The quantitative estimate of drug-likeness (QED) is 0.696. The summed E-state index contributed by atoms with van der Waals surface area (Å²) < 4.78 is 4.95. The largest absolute Gasteiger partial charge is 0.506 e. The molecule has 1 aliphatic rings. The highest BCUT2D eigenvalue weighted by atomic mass is 16.5. The van der Waals surface area contributed by atoms with Gasteiger partial charge in [0.05, 0.1) is 11.7 Å². The molecular weight excluding hydrogens is 348 g/mol. The molecule has 144 valence electrons. The fourth-order valence-electron chi connectivity index (χ4n) is 3.18. The van der Waals surface area contributed by atoms with Crippen LogP contribution < -0.4 is 10.6 Å². The number of hydrogen-bond acceptors (Lipinski definition) is 6. The molecule has 1 aromatic heterocycles. The van der Waals surface area contributed by atoms with E-state index < -0.39 is 0 Å². The highest BCUT2D eigenvalue weighted by Gasteiger charge is 2.30. The van der Waals surface area contributed by atoms with E-state index in [0.29, 0.717) is 43.2 Å². The molecule has 2 heterocycles. The normalized spacial score (nSPS) is 16.7. The second-order valence-corrected chi connectivity index (χ2v) is 6.80. The predicted molar refractivity (Wildman–Crippen MR) is 100 cm³/mol. The Morgan fingerprint density at radius 3 is 2.59 bits per heavy atom. The fourth-order valence-corrected chi connectivity index (χ4v) is 3.18. The van der Waals surface area contributed by atoms with Crippen LogP contribution in [0.2, 0.25) is 0 Å². The third-order valence-electron chi connectivity index (χ3n) is 4.87. The van der Waals surface area contributed by atoms with Gasteiger partial charge in [-0.1, -0.05) is 17.3 Å². The van der Waals surface area contributed by atoms with Gasteiger partial charge in [0, 0.05) is 12.0 Å². The molecule has 3 N–H and O–H groups in total. The SMILES string of the molecule is Cc1cc(NC(=O)C(C)N2CCC(C(=O)Nc3ccccc3O)CC2)no1. The smallest absolute Gasteiger partial charge is 0.242 e. The molecule has 1 unspecified atom stereocenters. The summed E-state index contributed by atoms with van der Waals surface area (Å²) in [5.74, 6) is 0.688. The van der Waals surface area contributed by atoms with Crippen LogP contribution in [0, 0.1) is 12.8 Å². The number of aromatic hydroxyl groups is 1. The van der Waals surface area contributed by atoms with Crippen molar-refractivity contribution in [3.63, 3.8) is 0 Å². The Bertz CT molecular complexity index is 812. The Hall–Kier alpha value is -2.87. The van der Waals surface area contributed by atoms with Crippen LogP contribution in [0.5, 0.6) is 5.75 Å². The van der Waals surface area contributed by atoms with E-state index in [4.69, 9.17) is 4.52 Å². The molecular formula is C19H24N4O4. The number of benzene rings is 1. The Kier molecular flexibility index (Phi) is 5.75. The second kappa shape index (κ2) is 8.22. The van der Waals surface area contributed by atoms with Crippen LogP contribution in [-0.2, 0) is 9.59 Å². The number of rotatable bonds is 5. The molecule has 3 rings (SSSR count). The molecule has 0 saturated carbocycles. The summed E-state index contributed by atoms with van der Waals surface area (Å²) in [6, 6.07) is 8.00. The number of hydrogen-bond donors (Lipinski definition) is 3. The Morgan fingerprint density at radius 1 is 1.26 bits per heavy atom. The van der Waals surface area contributed by atoms with Gasteiger partial charge in [-0.25, -0.2) is 0 Å². The minimum Gasteiger partial charge on any atom is -0.506 e. The number of carbonyl (C=O) groups excluding carboxylic acids is 2. The van der Waals surface area contributed by atoms with Gasteiger partial charge in [0.15, 0.2) is 5.82 Å². The van der Waals surface area contributed by atoms with Crippen molar-refractivity contribution in [2.24, 2.45) is 5.92 Å². The number of aryl methyl sites for hydroxylation is 1. The summed E-state index contributed by atoms with van der Waals surface area (Å²) in [7, 11) is 0. The maximum absolute atomic E-state index is 12.4. The zero-order valence-electron chi connectivity index (χ0n) is 15.4. The summed E-state index contributed by atoms with van der Waals surface area (Å²) in [5, 5.41) is 19.1. The van der Waals surface area contributed by atoms with Gasteiger partial charge in [0.2, 0.25) is 11.8 Å². The van der Waals surface area contributed by atoms with Crippen molar-refractivity contribution >= 4 is 23.3 Å². The van der Waals surface area contributed by atoms with Gasteiger partial charge in [-0.3, -0.25) is 14.5 Å². The van der Waals surface area contributed by atoms with E-state index in [1.165, 1.54) is 6.07 Å². The van der Waals surface area contributed by atoms with Crippen molar-refractivity contribution in [1.82, 2.24) is 10.1 Å². The van der Waals surface area contributed by atoms with Gasteiger partial charge < -0.3 is 20.3 Å². The summed E-state index contributed by atoms with van der Waals surface area (Å²) in [6.07, 6.45) is 1.31. The van der Waals surface area contributed by atoms with Crippen LogP contribution in [0.3, 0.4) is 0 Å². The summed E-state index contributed by atoms with van der Waals surface area (Å²) in [6.45, 7) is 4.89. The fraction of sp³-hybridized carbons (Fsp3) is 0.421. The predicted octanol–water partition coefficient (Wildman–Crippen LogP) is 2.37. The van der Waals surface area contributed by atoms with Crippen LogP contribution in [0.15, 0.2) is 34.9 Å². The van der Waals surface area contributed by atoms with Crippen LogP contribution in [0.4, 0.5) is 11.5 Å². The van der Waals surface area contributed by atoms with Gasteiger partial charge in [-0.2, -0.15) is 0 Å². The van der Waals surface area contributed by atoms with Crippen LogP contribution in [0.1, 0.15) is 25.5 Å². The molecule has 1 saturated heterocycles. The number of nitrogens with zero attached hydrogens (tertiary/aromatic N) is 2. The monoisotopic (exact) mass is 372 g/mol. The molecule has 1 atom stereocenters. The highest BCUT2D eigenvalue weighted by molar-refractivity contribution is 5.94. The third kappa shape index (κ3) is 4.65.